The highest BCUT2D eigenvalue weighted by Gasteiger charge is 2.41. The van der Waals surface area contributed by atoms with Gasteiger partial charge >= 0.3 is 0 Å². The summed E-state index contributed by atoms with van der Waals surface area (Å²) in [5.41, 5.74) is 5.56. The van der Waals surface area contributed by atoms with Crippen LogP contribution in [0.3, 0.4) is 0 Å². The first kappa shape index (κ1) is 13.7. The molecule has 20 heavy (non-hydrogen) atoms. The van der Waals surface area contributed by atoms with Crippen LogP contribution in [0.25, 0.3) is 0 Å². The van der Waals surface area contributed by atoms with Crippen molar-refractivity contribution in [2.45, 2.75) is 38.6 Å². The van der Waals surface area contributed by atoms with Crippen molar-refractivity contribution in [2.75, 3.05) is 5.32 Å². The fourth-order valence-electron chi connectivity index (χ4n) is 3.91. The molecule has 2 fully saturated rings. The molecule has 1 amide bonds. The highest BCUT2D eigenvalue weighted by molar-refractivity contribution is 6.33. The number of rotatable bonds is 4. The molecule has 5 heteroatoms. The zero-order valence-electron chi connectivity index (χ0n) is 11.6. The Labute approximate surface area is 124 Å². The first-order valence-electron chi connectivity index (χ1n) is 7.26. The predicted octanol–water partition coefficient (Wildman–Crippen LogP) is 3.07. The molecule has 4 atom stereocenters. The lowest BCUT2D eigenvalue weighted by molar-refractivity contribution is 0.1000. The van der Waals surface area contributed by atoms with E-state index in [1.807, 2.05) is 0 Å². The number of halogens is 1. The molecule has 2 bridgehead atoms. The zero-order chi connectivity index (χ0) is 14.3. The van der Waals surface area contributed by atoms with E-state index in [1.165, 1.54) is 31.9 Å². The van der Waals surface area contributed by atoms with E-state index < -0.39 is 5.91 Å². The van der Waals surface area contributed by atoms with Crippen LogP contribution in [0.15, 0.2) is 12.3 Å². The van der Waals surface area contributed by atoms with E-state index in [4.69, 9.17) is 17.3 Å². The largest absolute Gasteiger partial charge is 0.366 e. The van der Waals surface area contributed by atoms with Gasteiger partial charge in [-0.15, -0.1) is 0 Å². The van der Waals surface area contributed by atoms with Crippen LogP contribution in [0, 0.1) is 17.8 Å². The number of carbonyl (C=O) groups excluding carboxylic acids is 1. The third kappa shape index (κ3) is 2.49. The standard InChI is InChI=1S/C15H20ClN3O/c1-8(12-5-9-2-3-10(12)4-9)19-15-13(16)6-11(7-18-15)14(17)20/h6-10,12H,2-5H2,1H3,(H2,17,20)(H,18,19). The average molecular weight is 294 g/mol. The number of nitrogens with two attached hydrogens (primary N) is 1. The van der Waals surface area contributed by atoms with Crippen molar-refractivity contribution in [2.24, 2.45) is 23.5 Å². The van der Waals surface area contributed by atoms with E-state index in [0.29, 0.717) is 28.4 Å². The normalized spacial score (nSPS) is 29.4. The molecule has 0 radical (unpaired) electrons. The van der Waals surface area contributed by atoms with Crippen molar-refractivity contribution in [3.05, 3.63) is 22.8 Å². The molecule has 2 aliphatic rings. The van der Waals surface area contributed by atoms with Crippen LogP contribution >= 0.6 is 11.6 Å². The molecule has 4 nitrogen and oxygen atoms in total. The highest BCUT2D eigenvalue weighted by atomic mass is 35.5. The molecule has 0 aromatic carbocycles. The molecule has 2 aliphatic carbocycles. The number of aromatic nitrogens is 1. The lowest BCUT2D eigenvalue weighted by atomic mass is 9.84. The number of anilines is 1. The van der Waals surface area contributed by atoms with Crippen LogP contribution in [0.5, 0.6) is 0 Å². The van der Waals surface area contributed by atoms with Crippen LogP contribution in [-0.4, -0.2) is 16.9 Å². The first-order valence-corrected chi connectivity index (χ1v) is 7.64. The Balaban J connectivity index is 1.70. The number of fused-ring (bicyclic) bond motifs is 2. The summed E-state index contributed by atoms with van der Waals surface area (Å²) < 4.78 is 0. The molecular weight excluding hydrogens is 274 g/mol. The lowest BCUT2D eigenvalue weighted by Gasteiger charge is -2.29. The minimum Gasteiger partial charge on any atom is -0.366 e. The van der Waals surface area contributed by atoms with Gasteiger partial charge < -0.3 is 11.1 Å². The van der Waals surface area contributed by atoms with Gasteiger partial charge in [0.15, 0.2) is 0 Å². The summed E-state index contributed by atoms with van der Waals surface area (Å²) in [6, 6.07) is 1.93. The molecule has 3 rings (SSSR count). The molecule has 2 saturated carbocycles. The maximum absolute atomic E-state index is 11.1. The van der Waals surface area contributed by atoms with E-state index in [1.54, 1.807) is 6.07 Å². The maximum atomic E-state index is 11.1. The van der Waals surface area contributed by atoms with Crippen molar-refractivity contribution in [1.82, 2.24) is 4.98 Å². The second-order valence-corrected chi connectivity index (χ2v) is 6.60. The summed E-state index contributed by atoms with van der Waals surface area (Å²) >= 11 is 6.17. The van der Waals surface area contributed by atoms with E-state index >= 15 is 0 Å². The van der Waals surface area contributed by atoms with E-state index in [2.05, 4.69) is 17.2 Å². The van der Waals surface area contributed by atoms with Gasteiger partial charge in [-0.2, -0.15) is 0 Å². The Kier molecular flexibility index (Phi) is 3.59. The summed E-state index contributed by atoms with van der Waals surface area (Å²) in [5, 5.41) is 3.86. The van der Waals surface area contributed by atoms with Gasteiger partial charge in [0.25, 0.3) is 0 Å². The molecule has 108 valence electrons. The maximum Gasteiger partial charge on any atom is 0.250 e. The SMILES string of the molecule is CC(Nc1ncc(C(N)=O)cc1Cl)C1CC2CCC1C2. The fraction of sp³-hybridized carbons (Fsp3) is 0.600. The van der Waals surface area contributed by atoms with Gasteiger partial charge in [-0.05, 0) is 50.0 Å². The van der Waals surface area contributed by atoms with Crippen LogP contribution < -0.4 is 11.1 Å². The topological polar surface area (TPSA) is 68.0 Å². The third-order valence-electron chi connectivity index (χ3n) is 4.93. The average Bonchev–Trinajstić information content (AvgIpc) is 3.03. The number of primary amides is 1. The van der Waals surface area contributed by atoms with Gasteiger partial charge in [0.1, 0.15) is 5.82 Å². The van der Waals surface area contributed by atoms with Crippen LogP contribution in [0.2, 0.25) is 5.02 Å². The molecule has 1 heterocycles. The molecule has 0 saturated heterocycles. The zero-order valence-corrected chi connectivity index (χ0v) is 12.4. The Morgan fingerprint density at radius 1 is 1.50 bits per heavy atom. The van der Waals surface area contributed by atoms with Crippen LogP contribution in [0.1, 0.15) is 43.0 Å². The lowest BCUT2D eigenvalue weighted by Crippen LogP contribution is -2.30. The monoisotopic (exact) mass is 293 g/mol. The Morgan fingerprint density at radius 2 is 2.30 bits per heavy atom. The van der Waals surface area contributed by atoms with Gasteiger partial charge in [0.2, 0.25) is 5.91 Å². The van der Waals surface area contributed by atoms with Crippen LogP contribution in [-0.2, 0) is 0 Å². The minimum absolute atomic E-state index is 0.341. The van der Waals surface area contributed by atoms with Crippen molar-refractivity contribution in [1.29, 1.82) is 0 Å². The highest BCUT2D eigenvalue weighted by Crippen LogP contribution is 2.49. The first-order chi connectivity index (χ1) is 9.54. The summed E-state index contributed by atoms with van der Waals surface area (Å²) in [6.45, 7) is 2.20. The Bertz CT molecular complexity index is 534. The quantitative estimate of drug-likeness (QED) is 0.896. The van der Waals surface area contributed by atoms with Gasteiger partial charge in [0.05, 0.1) is 10.6 Å². The van der Waals surface area contributed by atoms with Gasteiger partial charge in [-0.1, -0.05) is 18.0 Å². The van der Waals surface area contributed by atoms with Crippen molar-refractivity contribution in [3.63, 3.8) is 0 Å². The molecule has 3 N–H and O–H groups in total. The number of hydrogen-bond donors (Lipinski definition) is 2. The van der Waals surface area contributed by atoms with E-state index in [-0.39, 0.29) is 0 Å². The summed E-state index contributed by atoms with van der Waals surface area (Å²) in [7, 11) is 0. The summed E-state index contributed by atoms with van der Waals surface area (Å²) in [5.74, 6) is 2.63. The molecular formula is C15H20ClN3O. The Morgan fingerprint density at radius 3 is 2.85 bits per heavy atom. The summed E-state index contributed by atoms with van der Waals surface area (Å²) in [6.07, 6.45) is 6.95. The molecule has 0 spiro atoms. The predicted molar refractivity (Wildman–Crippen MR) is 79.8 cm³/mol. The number of pyridine rings is 1. The minimum atomic E-state index is -0.507. The Hall–Kier alpha value is -1.29. The third-order valence-corrected chi connectivity index (χ3v) is 5.21. The second-order valence-electron chi connectivity index (χ2n) is 6.19. The fourth-order valence-corrected chi connectivity index (χ4v) is 4.13. The van der Waals surface area contributed by atoms with E-state index in [9.17, 15) is 4.79 Å². The number of carbonyl (C=O) groups is 1. The molecule has 1 aromatic heterocycles. The van der Waals surface area contributed by atoms with Crippen molar-refractivity contribution in [3.8, 4) is 0 Å². The van der Waals surface area contributed by atoms with Gasteiger partial charge in [-0.3, -0.25) is 4.79 Å². The van der Waals surface area contributed by atoms with E-state index in [0.717, 1.165) is 11.8 Å². The van der Waals surface area contributed by atoms with Gasteiger partial charge in [0, 0.05) is 12.2 Å². The molecule has 1 aromatic rings. The van der Waals surface area contributed by atoms with Crippen molar-refractivity contribution >= 4 is 23.3 Å². The number of amides is 1. The summed E-state index contributed by atoms with van der Waals surface area (Å²) in [4.78, 5) is 15.3. The molecule has 4 unspecified atom stereocenters. The van der Waals surface area contributed by atoms with Crippen molar-refractivity contribution < 1.29 is 4.79 Å². The van der Waals surface area contributed by atoms with Gasteiger partial charge in [-0.25, -0.2) is 4.98 Å². The van der Waals surface area contributed by atoms with Crippen LogP contribution in [0.4, 0.5) is 5.82 Å². The smallest absolute Gasteiger partial charge is 0.250 e. The molecule has 0 aliphatic heterocycles. The number of nitrogens with one attached hydrogen (secondary N) is 1. The second kappa shape index (κ2) is 5.24. The number of nitrogens with zero attached hydrogens (tertiary/aromatic N) is 1. The number of hydrogen-bond acceptors (Lipinski definition) is 3.